The number of nitrogens with zero attached hydrogens (tertiary/aromatic N) is 2. The Hall–Kier alpha value is -0.160. The molecule has 21 heavy (non-hydrogen) atoms. The molecule has 0 aliphatic carbocycles. The second-order valence-electron chi connectivity index (χ2n) is 7.31. The summed E-state index contributed by atoms with van der Waals surface area (Å²) < 4.78 is 5.63. The van der Waals surface area contributed by atoms with Crippen LogP contribution in [0, 0.1) is 5.41 Å². The first kappa shape index (κ1) is 15.7. The fourth-order valence-electron chi connectivity index (χ4n) is 4.49. The van der Waals surface area contributed by atoms with Crippen LogP contribution in [0.5, 0.6) is 0 Å². The third-order valence-electron chi connectivity index (χ3n) is 5.75. The van der Waals surface area contributed by atoms with E-state index in [0.29, 0.717) is 5.41 Å². The fourth-order valence-corrected chi connectivity index (χ4v) is 4.49. The molecule has 122 valence electrons. The van der Waals surface area contributed by atoms with Gasteiger partial charge in [0.1, 0.15) is 0 Å². The molecule has 0 aromatic heterocycles. The molecule has 0 radical (unpaired) electrons. The summed E-state index contributed by atoms with van der Waals surface area (Å²) in [4.78, 5) is 5.51. The van der Waals surface area contributed by atoms with Gasteiger partial charge >= 0.3 is 0 Å². The van der Waals surface area contributed by atoms with Crippen molar-refractivity contribution >= 4 is 0 Å². The lowest BCUT2D eigenvalue weighted by Gasteiger charge is -2.41. The first-order valence-corrected chi connectivity index (χ1v) is 9.06. The Balaban J connectivity index is 1.61. The van der Waals surface area contributed by atoms with E-state index in [1.807, 2.05) is 0 Å². The number of hydrogen-bond donors (Lipinski definition) is 1. The summed E-state index contributed by atoms with van der Waals surface area (Å²) in [5.41, 5.74) is 0.446. The third kappa shape index (κ3) is 3.98. The number of ether oxygens (including phenoxy) is 1. The molecule has 4 heteroatoms. The van der Waals surface area contributed by atoms with Crippen molar-refractivity contribution in [1.29, 1.82) is 0 Å². The molecule has 1 atom stereocenters. The maximum atomic E-state index is 5.63. The Kier molecular flexibility index (Phi) is 5.54. The molecular formula is C17H33N3O. The maximum absolute atomic E-state index is 5.63. The molecule has 0 aromatic carbocycles. The summed E-state index contributed by atoms with van der Waals surface area (Å²) >= 11 is 0. The van der Waals surface area contributed by atoms with Crippen LogP contribution in [0.1, 0.15) is 39.0 Å². The molecule has 0 amide bonds. The molecule has 0 bridgehead atoms. The molecular weight excluding hydrogens is 262 g/mol. The largest absolute Gasteiger partial charge is 0.381 e. The van der Waals surface area contributed by atoms with Gasteiger partial charge in [0.2, 0.25) is 0 Å². The first-order chi connectivity index (χ1) is 10.3. The van der Waals surface area contributed by atoms with Gasteiger partial charge in [0, 0.05) is 38.9 Å². The molecule has 3 aliphatic heterocycles. The lowest BCUT2D eigenvalue weighted by Crippen LogP contribution is -2.49. The van der Waals surface area contributed by atoms with E-state index in [1.54, 1.807) is 0 Å². The summed E-state index contributed by atoms with van der Waals surface area (Å²) in [5, 5.41) is 3.62. The normalized spacial score (nSPS) is 31.0. The fraction of sp³-hybridized carbons (Fsp3) is 1.00. The Bertz CT molecular complexity index is 317. The van der Waals surface area contributed by atoms with Crippen molar-refractivity contribution in [3.63, 3.8) is 0 Å². The number of fused-ring (bicyclic) bond motifs is 1. The van der Waals surface area contributed by atoms with Crippen LogP contribution in [0.2, 0.25) is 0 Å². The highest BCUT2D eigenvalue weighted by atomic mass is 16.5. The van der Waals surface area contributed by atoms with Crippen molar-refractivity contribution < 1.29 is 4.74 Å². The molecule has 3 fully saturated rings. The third-order valence-corrected chi connectivity index (χ3v) is 5.75. The van der Waals surface area contributed by atoms with Gasteiger partial charge in [-0.2, -0.15) is 0 Å². The molecule has 4 nitrogen and oxygen atoms in total. The highest BCUT2D eigenvalue weighted by Gasteiger charge is 2.36. The average Bonchev–Trinajstić information content (AvgIpc) is 2.85. The zero-order valence-corrected chi connectivity index (χ0v) is 13.8. The zero-order chi connectivity index (χ0) is 14.5. The van der Waals surface area contributed by atoms with Gasteiger partial charge in [0.15, 0.2) is 0 Å². The van der Waals surface area contributed by atoms with Gasteiger partial charge in [-0.05, 0) is 63.7 Å². The number of rotatable bonds is 5. The van der Waals surface area contributed by atoms with E-state index in [0.717, 1.165) is 32.3 Å². The summed E-state index contributed by atoms with van der Waals surface area (Å²) in [6.07, 6.45) is 6.63. The van der Waals surface area contributed by atoms with Crippen molar-refractivity contribution in [2.24, 2.45) is 5.41 Å². The molecule has 3 aliphatic rings. The van der Waals surface area contributed by atoms with Crippen molar-refractivity contribution in [3.05, 3.63) is 0 Å². The van der Waals surface area contributed by atoms with E-state index >= 15 is 0 Å². The minimum absolute atomic E-state index is 0.446. The Morgan fingerprint density at radius 3 is 2.76 bits per heavy atom. The van der Waals surface area contributed by atoms with Gasteiger partial charge in [0.05, 0.1) is 0 Å². The second kappa shape index (κ2) is 7.40. The number of hydrogen-bond acceptors (Lipinski definition) is 4. The van der Waals surface area contributed by atoms with Crippen molar-refractivity contribution in [2.45, 2.75) is 45.1 Å². The van der Waals surface area contributed by atoms with Crippen molar-refractivity contribution in [3.8, 4) is 0 Å². The summed E-state index contributed by atoms with van der Waals surface area (Å²) in [5.74, 6) is 0. The highest BCUT2D eigenvalue weighted by molar-refractivity contribution is 4.91. The molecule has 1 N–H and O–H groups in total. The van der Waals surface area contributed by atoms with E-state index in [9.17, 15) is 0 Å². The molecule has 0 spiro atoms. The first-order valence-electron chi connectivity index (χ1n) is 9.06. The van der Waals surface area contributed by atoms with E-state index in [1.165, 1.54) is 64.8 Å². The summed E-state index contributed by atoms with van der Waals surface area (Å²) in [7, 11) is 0. The Morgan fingerprint density at radius 2 is 1.95 bits per heavy atom. The lowest BCUT2D eigenvalue weighted by atomic mass is 9.79. The van der Waals surface area contributed by atoms with Crippen LogP contribution in [0.3, 0.4) is 0 Å². The van der Waals surface area contributed by atoms with E-state index in [4.69, 9.17) is 4.74 Å². The van der Waals surface area contributed by atoms with E-state index in [-0.39, 0.29) is 0 Å². The van der Waals surface area contributed by atoms with Crippen molar-refractivity contribution in [2.75, 3.05) is 59.0 Å². The van der Waals surface area contributed by atoms with Crippen LogP contribution in [0.15, 0.2) is 0 Å². The Morgan fingerprint density at radius 1 is 1.14 bits per heavy atom. The second-order valence-corrected chi connectivity index (χ2v) is 7.31. The quantitative estimate of drug-likeness (QED) is 0.833. The molecule has 3 saturated heterocycles. The predicted molar refractivity (Wildman–Crippen MR) is 86.7 cm³/mol. The predicted octanol–water partition coefficient (Wildman–Crippen LogP) is 1.56. The van der Waals surface area contributed by atoms with Gasteiger partial charge in [-0.25, -0.2) is 0 Å². The van der Waals surface area contributed by atoms with Crippen LogP contribution < -0.4 is 5.32 Å². The maximum Gasteiger partial charge on any atom is 0.0472 e. The minimum atomic E-state index is 0.446. The van der Waals surface area contributed by atoms with Crippen molar-refractivity contribution in [1.82, 2.24) is 15.1 Å². The SMILES string of the molecule is CCNCC1(CN2CCCN3CCCC3C2)CCOCC1. The standard InChI is InChI=1S/C17H33N3O/c1-2-18-14-17(6-11-21-12-7-17)15-19-8-4-10-20-9-3-5-16(20)13-19/h16,18H,2-15H2,1H3. The molecule has 0 saturated carbocycles. The average molecular weight is 295 g/mol. The lowest BCUT2D eigenvalue weighted by molar-refractivity contribution is -0.00493. The van der Waals surface area contributed by atoms with Gasteiger partial charge in [-0.1, -0.05) is 6.92 Å². The Labute approximate surface area is 130 Å². The minimum Gasteiger partial charge on any atom is -0.381 e. The molecule has 3 heterocycles. The smallest absolute Gasteiger partial charge is 0.0472 e. The number of nitrogens with one attached hydrogen (secondary N) is 1. The van der Waals surface area contributed by atoms with Gasteiger partial charge < -0.3 is 15.0 Å². The topological polar surface area (TPSA) is 27.7 Å². The molecule has 0 aromatic rings. The van der Waals surface area contributed by atoms with Crippen LogP contribution in [0.25, 0.3) is 0 Å². The molecule has 3 rings (SSSR count). The molecule has 1 unspecified atom stereocenters. The van der Waals surface area contributed by atoms with E-state index in [2.05, 4.69) is 22.0 Å². The zero-order valence-electron chi connectivity index (χ0n) is 13.8. The van der Waals surface area contributed by atoms with Crippen LogP contribution in [-0.2, 0) is 4.74 Å². The van der Waals surface area contributed by atoms with Gasteiger partial charge in [-0.3, -0.25) is 4.90 Å². The van der Waals surface area contributed by atoms with Crippen LogP contribution >= 0.6 is 0 Å². The van der Waals surface area contributed by atoms with Gasteiger partial charge in [-0.15, -0.1) is 0 Å². The summed E-state index contributed by atoms with van der Waals surface area (Å²) in [6, 6.07) is 0.837. The van der Waals surface area contributed by atoms with E-state index < -0.39 is 0 Å². The van der Waals surface area contributed by atoms with Crippen LogP contribution in [-0.4, -0.2) is 74.9 Å². The highest BCUT2D eigenvalue weighted by Crippen LogP contribution is 2.32. The van der Waals surface area contributed by atoms with Crippen LogP contribution in [0.4, 0.5) is 0 Å². The van der Waals surface area contributed by atoms with Gasteiger partial charge in [0.25, 0.3) is 0 Å². The summed E-state index contributed by atoms with van der Waals surface area (Å²) in [6.45, 7) is 12.9. The monoisotopic (exact) mass is 295 g/mol.